The third kappa shape index (κ3) is 4.11. The second-order valence-corrected chi connectivity index (χ2v) is 6.51. The highest BCUT2D eigenvalue weighted by molar-refractivity contribution is 5.91. The highest BCUT2D eigenvalue weighted by Crippen LogP contribution is 2.37. The molecular formula is C21H23NO5. The van der Waals surface area contributed by atoms with Crippen LogP contribution in [0.3, 0.4) is 0 Å². The van der Waals surface area contributed by atoms with Crippen molar-refractivity contribution in [1.29, 1.82) is 0 Å². The van der Waals surface area contributed by atoms with Crippen LogP contribution in [0, 0.1) is 5.41 Å². The Kier molecular flexibility index (Phi) is 5.76. The molecule has 6 heteroatoms. The lowest BCUT2D eigenvalue weighted by atomic mass is 9.78. The summed E-state index contributed by atoms with van der Waals surface area (Å²) in [5.41, 5.74) is 0.578. The van der Waals surface area contributed by atoms with Crippen LogP contribution in [0.5, 0.6) is 5.75 Å². The quantitative estimate of drug-likeness (QED) is 0.807. The van der Waals surface area contributed by atoms with Crippen LogP contribution in [0.1, 0.15) is 12.0 Å². The first kappa shape index (κ1) is 18.9. The van der Waals surface area contributed by atoms with Gasteiger partial charge in [-0.25, -0.2) is 0 Å². The van der Waals surface area contributed by atoms with Crippen molar-refractivity contribution >= 4 is 17.4 Å². The molecule has 1 aromatic carbocycles. The van der Waals surface area contributed by atoms with Crippen molar-refractivity contribution in [2.75, 3.05) is 33.4 Å². The number of methoxy groups -OCH3 is 1. The molecular weight excluding hydrogens is 346 g/mol. The topological polar surface area (TPSA) is 76.1 Å². The lowest BCUT2D eigenvalue weighted by molar-refractivity contribution is -0.143. The summed E-state index contributed by atoms with van der Waals surface area (Å²) in [6, 6.07) is 7.59. The summed E-state index contributed by atoms with van der Waals surface area (Å²) in [5.74, 6) is -0.443. The number of rotatable bonds is 5. The van der Waals surface area contributed by atoms with Crippen LogP contribution in [0.4, 0.5) is 0 Å². The van der Waals surface area contributed by atoms with Gasteiger partial charge in [0.15, 0.2) is 0 Å². The second kappa shape index (κ2) is 8.22. The van der Waals surface area contributed by atoms with Gasteiger partial charge >= 0.3 is 5.97 Å². The van der Waals surface area contributed by atoms with Gasteiger partial charge in [0.2, 0.25) is 5.91 Å². The van der Waals surface area contributed by atoms with Gasteiger partial charge in [-0.2, -0.15) is 0 Å². The third-order valence-corrected chi connectivity index (χ3v) is 4.88. The van der Waals surface area contributed by atoms with Gasteiger partial charge < -0.3 is 19.5 Å². The minimum atomic E-state index is -1.23. The molecule has 1 N–H and O–H groups in total. The van der Waals surface area contributed by atoms with Crippen LogP contribution in [-0.2, 0) is 14.3 Å². The molecule has 0 aromatic heterocycles. The summed E-state index contributed by atoms with van der Waals surface area (Å²) in [6.45, 7) is 2.07. The van der Waals surface area contributed by atoms with Gasteiger partial charge in [-0.1, -0.05) is 42.5 Å². The van der Waals surface area contributed by atoms with E-state index in [0.29, 0.717) is 26.3 Å². The van der Waals surface area contributed by atoms with E-state index >= 15 is 0 Å². The number of carbonyl (C=O) groups is 2. The molecule has 1 aliphatic carbocycles. The predicted molar refractivity (Wildman–Crippen MR) is 101 cm³/mol. The summed E-state index contributed by atoms with van der Waals surface area (Å²) < 4.78 is 10.6. The summed E-state index contributed by atoms with van der Waals surface area (Å²) in [7, 11) is 1.60. The first-order valence-corrected chi connectivity index (χ1v) is 8.88. The molecule has 1 fully saturated rings. The van der Waals surface area contributed by atoms with Crippen LogP contribution in [-0.4, -0.2) is 55.3 Å². The van der Waals surface area contributed by atoms with Gasteiger partial charge in [-0.3, -0.25) is 9.59 Å². The molecule has 27 heavy (non-hydrogen) atoms. The summed E-state index contributed by atoms with van der Waals surface area (Å²) in [5, 5.41) is 9.77. The molecule has 0 saturated carbocycles. The maximum atomic E-state index is 12.3. The number of hydrogen-bond donors (Lipinski definition) is 1. The van der Waals surface area contributed by atoms with Crippen molar-refractivity contribution in [3.8, 4) is 5.75 Å². The number of aliphatic carboxylic acids is 1. The van der Waals surface area contributed by atoms with Crippen LogP contribution in [0.25, 0.3) is 5.57 Å². The fraction of sp³-hybridized carbons (Fsp3) is 0.333. The molecule has 2 aliphatic rings. The van der Waals surface area contributed by atoms with Gasteiger partial charge in [0.05, 0.1) is 20.3 Å². The Morgan fingerprint density at radius 1 is 1.26 bits per heavy atom. The zero-order chi connectivity index (χ0) is 19.3. The largest absolute Gasteiger partial charge is 0.496 e. The average Bonchev–Trinajstić information content (AvgIpc) is 2.73. The van der Waals surface area contributed by atoms with Crippen LogP contribution in [0.15, 0.2) is 54.6 Å². The van der Waals surface area contributed by atoms with Crippen molar-refractivity contribution < 1.29 is 24.2 Å². The van der Waals surface area contributed by atoms with E-state index in [-0.39, 0.29) is 12.3 Å². The molecule has 1 amide bonds. The number of carbonyl (C=O) groups excluding carboxylic acids is 1. The van der Waals surface area contributed by atoms with Crippen LogP contribution < -0.4 is 4.74 Å². The summed E-state index contributed by atoms with van der Waals surface area (Å²) >= 11 is 0. The maximum absolute atomic E-state index is 12.3. The number of allylic oxidation sites excluding steroid dienone is 3. The van der Waals surface area contributed by atoms with Gasteiger partial charge in [0.25, 0.3) is 0 Å². The molecule has 1 atom stereocenters. The normalized spacial score (nSPS) is 22.6. The number of para-hydroxylation sites is 1. The van der Waals surface area contributed by atoms with Crippen molar-refractivity contribution in [2.24, 2.45) is 5.41 Å². The lowest BCUT2D eigenvalue weighted by Crippen LogP contribution is -2.40. The summed E-state index contributed by atoms with van der Waals surface area (Å²) in [4.78, 5) is 25.9. The fourth-order valence-electron chi connectivity index (χ4n) is 3.20. The van der Waals surface area contributed by atoms with Gasteiger partial charge in [0.1, 0.15) is 11.2 Å². The van der Waals surface area contributed by atoms with Crippen molar-refractivity contribution in [3.05, 3.63) is 60.2 Å². The number of morpholine rings is 1. The molecule has 1 unspecified atom stereocenters. The van der Waals surface area contributed by atoms with E-state index in [1.807, 2.05) is 30.3 Å². The van der Waals surface area contributed by atoms with E-state index in [1.165, 1.54) is 12.2 Å². The van der Waals surface area contributed by atoms with E-state index in [9.17, 15) is 14.7 Å². The highest BCUT2D eigenvalue weighted by Gasteiger charge is 2.34. The first-order valence-electron chi connectivity index (χ1n) is 8.88. The van der Waals surface area contributed by atoms with Crippen LogP contribution >= 0.6 is 0 Å². The Bertz CT molecular complexity index is 805. The molecule has 0 bridgehead atoms. The minimum Gasteiger partial charge on any atom is -0.496 e. The number of nitrogens with zero attached hydrogens (tertiary/aromatic N) is 1. The lowest BCUT2D eigenvalue weighted by Gasteiger charge is -2.27. The average molecular weight is 369 g/mol. The van der Waals surface area contributed by atoms with Gasteiger partial charge in [0, 0.05) is 24.7 Å². The number of carboxylic acid groups (broad SMARTS) is 1. The molecule has 0 spiro atoms. The van der Waals surface area contributed by atoms with Crippen molar-refractivity contribution in [3.63, 3.8) is 0 Å². The minimum absolute atomic E-state index is 0.188. The number of ether oxygens (including phenoxy) is 2. The molecule has 1 aliphatic heterocycles. The van der Waals surface area contributed by atoms with Gasteiger partial charge in [-0.05, 0) is 18.1 Å². The zero-order valence-electron chi connectivity index (χ0n) is 15.3. The standard InChI is InChI=1S/C21H23NO5/c1-26-18-5-3-2-4-17(18)16-6-9-21(10-7-16,20(24)25)11-8-19(23)22-12-14-27-15-13-22/h2-9,11H,10,12-15H2,1H3,(H,24,25). The van der Waals surface area contributed by atoms with E-state index in [4.69, 9.17) is 9.47 Å². The van der Waals surface area contributed by atoms with Gasteiger partial charge in [-0.15, -0.1) is 0 Å². The molecule has 1 aromatic rings. The van der Waals surface area contributed by atoms with E-state index in [2.05, 4.69) is 0 Å². The molecule has 142 valence electrons. The Labute approximate surface area is 158 Å². The fourth-order valence-corrected chi connectivity index (χ4v) is 3.20. The molecule has 1 heterocycles. The number of carboxylic acids is 1. The molecule has 0 radical (unpaired) electrons. The highest BCUT2D eigenvalue weighted by atomic mass is 16.5. The van der Waals surface area contributed by atoms with Crippen molar-refractivity contribution in [2.45, 2.75) is 6.42 Å². The number of amides is 1. The van der Waals surface area contributed by atoms with Crippen molar-refractivity contribution in [1.82, 2.24) is 4.90 Å². The van der Waals surface area contributed by atoms with E-state index in [1.54, 1.807) is 24.2 Å². The molecule has 3 rings (SSSR count). The maximum Gasteiger partial charge on any atom is 0.317 e. The Hall–Kier alpha value is -2.86. The Morgan fingerprint density at radius 2 is 2.00 bits per heavy atom. The number of hydrogen-bond acceptors (Lipinski definition) is 4. The van der Waals surface area contributed by atoms with E-state index < -0.39 is 11.4 Å². The monoisotopic (exact) mass is 369 g/mol. The first-order chi connectivity index (χ1) is 13.1. The number of benzene rings is 1. The summed E-state index contributed by atoms with van der Waals surface area (Å²) in [6.07, 6.45) is 8.40. The second-order valence-electron chi connectivity index (χ2n) is 6.51. The molecule has 6 nitrogen and oxygen atoms in total. The Balaban J connectivity index is 1.78. The third-order valence-electron chi connectivity index (χ3n) is 4.88. The van der Waals surface area contributed by atoms with Crippen LogP contribution in [0.2, 0.25) is 0 Å². The SMILES string of the molecule is COc1ccccc1C1=CCC(C=CC(=O)N2CCOCC2)(C(=O)O)C=C1. The van der Waals surface area contributed by atoms with E-state index in [0.717, 1.165) is 16.9 Å². The Morgan fingerprint density at radius 3 is 2.63 bits per heavy atom. The smallest absolute Gasteiger partial charge is 0.317 e. The molecule has 1 saturated heterocycles. The predicted octanol–water partition coefficient (Wildman–Crippen LogP) is 2.52. The zero-order valence-corrected chi connectivity index (χ0v) is 15.3.